The van der Waals surface area contributed by atoms with Crippen molar-refractivity contribution < 1.29 is 9.32 Å². The summed E-state index contributed by atoms with van der Waals surface area (Å²) in [5, 5.41) is 4.03. The minimum Gasteiger partial charge on any atom is -0.361 e. The van der Waals surface area contributed by atoms with Crippen molar-refractivity contribution in [3.63, 3.8) is 0 Å². The molecule has 22 heavy (non-hydrogen) atoms. The molecule has 3 rings (SSSR count). The Morgan fingerprint density at radius 1 is 1.18 bits per heavy atom. The highest BCUT2D eigenvalue weighted by Crippen LogP contribution is 2.14. The first-order valence-electron chi connectivity index (χ1n) is 7.63. The van der Waals surface area contributed by atoms with Gasteiger partial charge in [0.15, 0.2) is 0 Å². The van der Waals surface area contributed by atoms with Crippen LogP contribution in [-0.4, -0.2) is 47.0 Å². The summed E-state index contributed by atoms with van der Waals surface area (Å²) in [6, 6.07) is 9.73. The predicted molar refractivity (Wildman–Crippen MR) is 83.6 cm³/mol. The Kier molecular flexibility index (Phi) is 4.24. The zero-order valence-electron chi connectivity index (χ0n) is 13.1. The van der Waals surface area contributed by atoms with Crippen molar-refractivity contribution in [3.05, 3.63) is 52.9 Å². The lowest BCUT2D eigenvalue weighted by atomic mass is 10.1. The molecular formula is C17H21N3O2. The van der Waals surface area contributed by atoms with Crippen LogP contribution in [0.15, 0.2) is 34.9 Å². The SMILES string of the molecule is Cc1cc(CN2CCN(C(=O)c3ccccc3C)CC2)no1. The number of carbonyl (C=O) groups is 1. The highest BCUT2D eigenvalue weighted by atomic mass is 16.5. The van der Waals surface area contributed by atoms with Crippen LogP contribution in [0.5, 0.6) is 0 Å². The summed E-state index contributed by atoms with van der Waals surface area (Å²) in [5.41, 5.74) is 2.80. The smallest absolute Gasteiger partial charge is 0.254 e. The minimum absolute atomic E-state index is 0.134. The Bertz CT molecular complexity index is 657. The molecule has 0 aliphatic carbocycles. The number of benzene rings is 1. The van der Waals surface area contributed by atoms with E-state index in [-0.39, 0.29) is 5.91 Å². The van der Waals surface area contributed by atoms with E-state index in [4.69, 9.17) is 4.52 Å². The number of aryl methyl sites for hydroxylation is 2. The summed E-state index contributed by atoms with van der Waals surface area (Å²) in [5.74, 6) is 0.971. The van der Waals surface area contributed by atoms with Crippen LogP contribution in [0.2, 0.25) is 0 Å². The molecule has 1 aromatic heterocycles. The standard InChI is InChI=1S/C17H21N3O2/c1-13-5-3-4-6-16(13)17(21)20-9-7-19(8-10-20)12-15-11-14(2)22-18-15/h3-6,11H,7-10,12H2,1-2H3. The molecule has 1 aromatic carbocycles. The van der Waals surface area contributed by atoms with Crippen molar-refractivity contribution in [3.8, 4) is 0 Å². The molecule has 0 bridgehead atoms. The summed E-state index contributed by atoms with van der Waals surface area (Å²) < 4.78 is 5.10. The fourth-order valence-electron chi connectivity index (χ4n) is 2.81. The summed E-state index contributed by atoms with van der Waals surface area (Å²) >= 11 is 0. The second-order valence-electron chi connectivity index (χ2n) is 5.81. The van der Waals surface area contributed by atoms with Crippen LogP contribution in [0, 0.1) is 13.8 Å². The molecule has 0 saturated carbocycles. The summed E-state index contributed by atoms with van der Waals surface area (Å²) in [6.45, 7) is 7.90. The van der Waals surface area contributed by atoms with Gasteiger partial charge in [-0.2, -0.15) is 0 Å². The molecule has 5 nitrogen and oxygen atoms in total. The van der Waals surface area contributed by atoms with Crippen LogP contribution in [0.25, 0.3) is 0 Å². The molecule has 5 heteroatoms. The van der Waals surface area contributed by atoms with Crippen LogP contribution in [0.3, 0.4) is 0 Å². The molecule has 0 atom stereocenters. The van der Waals surface area contributed by atoms with Crippen LogP contribution >= 0.6 is 0 Å². The van der Waals surface area contributed by atoms with Gasteiger partial charge in [0.2, 0.25) is 0 Å². The topological polar surface area (TPSA) is 49.6 Å². The number of hydrogen-bond donors (Lipinski definition) is 0. The first kappa shape index (κ1) is 14.8. The zero-order valence-corrected chi connectivity index (χ0v) is 13.1. The van der Waals surface area contributed by atoms with Gasteiger partial charge in [0, 0.05) is 44.4 Å². The lowest BCUT2D eigenvalue weighted by Crippen LogP contribution is -2.48. The zero-order chi connectivity index (χ0) is 15.5. The Hall–Kier alpha value is -2.14. The maximum Gasteiger partial charge on any atom is 0.254 e. The van der Waals surface area contributed by atoms with E-state index in [1.165, 1.54) is 0 Å². The minimum atomic E-state index is 0.134. The number of amides is 1. The normalized spacial score (nSPS) is 16.0. The average molecular weight is 299 g/mol. The van der Waals surface area contributed by atoms with E-state index in [2.05, 4.69) is 10.1 Å². The van der Waals surface area contributed by atoms with E-state index < -0.39 is 0 Å². The number of hydrogen-bond acceptors (Lipinski definition) is 4. The number of piperazine rings is 1. The quantitative estimate of drug-likeness (QED) is 0.872. The summed E-state index contributed by atoms with van der Waals surface area (Å²) in [4.78, 5) is 16.8. The lowest BCUT2D eigenvalue weighted by Gasteiger charge is -2.34. The number of carbonyl (C=O) groups excluding carboxylic acids is 1. The molecule has 1 amide bonds. The van der Waals surface area contributed by atoms with Crippen molar-refractivity contribution in [2.75, 3.05) is 26.2 Å². The Balaban J connectivity index is 1.57. The second kappa shape index (κ2) is 6.32. The van der Waals surface area contributed by atoms with Crippen LogP contribution in [0.1, 0.15) is 27.4 Å². The average Bonchev–Trinajstić information content (AvgIpc) is 2.93. The van der Waals surface area contributed by atoms with Gasteiger partial charge in [-0.1, -0.05) is 23.4 Å². The monoisotopic (exact) mass is 299 g/mol. The van der Waals surface area contributed by atoms with Gasteiger partial charge in [-0.25, -0.2) is 0 Å². The Morgan fingerprint density at radius 3 is 2.55 bits per heavy atom. The van der Waals surface area contributed by atoms with Crippen molar-refractivity contribution in [2.24, 2.45) is 0 Å². The van der Waals surface area contributed by atoms with Gasteiger partial charge in [-0.3, -0.25) is 9.69 Å². The van der Waals surface area contributed by atoms with Crippen LogP contribution < -0.4 is 0 Å². The first-order valence-corrected chi connectivity index (χ1v) is 7.63. The van der Waals surface area contributed by atoms with E-state index >= 15 is 0 Å². The Morgan fingerprint density at radius 2 is 1.91 bits per heavy atom. The molecule has 1 saturated heterocycles. The predicted octanol–water partition coefficient (Wildman–Crippen LogP) is 2.25. The lowest BCUT2D eigenvalue weighted by molar-refractivity contribution is 0.0625. The first-order chi connectivity index (χ1) is 10.6. The third-order valence-corrected chi connectivity index (χ3v) is 4.10. The van der Waals surface area contributed by atoms with Crippen molar-refractivity contribution in [1.82, 2.24) is 15.0 Å². The highest BCUT2D eigenvalue weighted by molar-refractivity contribution is 5.95. The van der Waals surface area contributed by atoms with Gasteiger partial charge in [-0.15, -0.1) is 0 Å². The largest absolute Gasteiger partial charge is 0.361 e. The van der Waals surface area contributed by atoms with Gasteiger partial charge in [0.05, 0.1) is 5.69 Å². The number of nitrogens with zero attached hydrogens (tertiary/aromatic N) is 3. The van der Waals surface area contributed by atoms with Crippen LogP contribution in [-0.2, 0) is 6.54 Å². The number of aromatic nitrogens is 1. The molecule has 0 spiro atoms. The molecule has 0 radical (unpaired) electrons. The second-order valence-corrected chi connectivity index (χ2v) is 5.81. The highest BCUT2D eigenvalue weighted by Gasteiger charge is 2.23. The number of rotatable bonds is 3. The third kappa shape index (κ3) is 3.20. The van der Waals surface area contributed by atoms with E-state index in [0.717, 1.165) is 55.3 Å². The Labute approximate surface area is 130 Å². The molecule has 0 unspecified atom stereocenters. The fourth-order valence-corrected chi connectivity index (χ4v) is 2.81. The summed E-state index contributed by atoms with van der Waals surface area (Å²) in [6.07, 6.45) is 0. The van der Waals surface area contributed by atoms with E-state index in [1.54, 1.807) is 0 Å². The van der Waals surface area contributed by atoms with E-state index in [1.807, 2.05) is 49.1 Å². The van der Waals surface area contributed by atoms with Gasteiger partial charge >= 0.3 is 0 Å². The molecular weight excluding hydrogens is 278 g/mol. The van der Waals surface area contributed by atoms with Gasteiger partial charge in [0.25, 0.3) is 5.91 Å². The maximum absolute atomic E-state index is 12.6. The van der Waals surface area contributed by atoms with Gasteiger partial charge in [0.1, 0.15) is 5.76 Å². The molecule has 2 heterocycles. The molecule has 0 N–H and O–H groups in total. The summed E-state index contributed by atoms with van der Waals surface area (Å²) in [7, 11) is 0. The van der Waals surface area contributed by atoms with E-state index in [0.29, 0.717) is 0 Å². The van der Waals surface area contributed by atoms with Crippen molar-refractivity contribution in [1.29, 1.82) is 0 Å². The van der Waals surface area contributed by atoms with Crippen LogP contribution in [0.4, 0.5) is 0 Å². The molecule has 1 aliphatic heterocycles. The fraction of sp³-hybridized carbons (Fsp3) is 0.412. The van der Waals surface area contributed by atoms with Gasteiger partial charge < -0.3 is 9.42 Å². The van der Waals surface area contributed by atoms with Crippen molar-refractivity contribution in [2.45, 2.75) is 20.4 Å². The molecule has 116 valence electrons. The van der Waals surface area contributed by atoms with E-state index in [9.17, 15) is 4.79 Å². The molecule has 1 aliphatic rings. The molecule has 2 aromatic rings. The molecule has 1 fully saturated rings. The van der Waals surface area contributed by atoms with Gasteiger partial charge in [-0.05, 0) is 25.5 Å². The van der Waals surface area contributed by atoms with Crippen molar-refractivity contribution >= 4 is 5.91 Å². The third-order valence-electron chi connectivity index (χ3n) is 4.10. The maximum atomic E-state index is 12.6.